The predicted molar refractivity (Wildman–Crippen MR) is 129 cm³/mol. The van der Waals surface area contributed by atoms with E-state index in [-0.39, 0.29) is 0 Å². The molecule has 162 valence electrons. The SMILES string of the molecule is NCCNc1cc(N2CCCc3ccccc3C2)nc2ccc(Oc3ccccn3)cc12. The summed E-state index contributed by atoms with van der Waals surface area (Å²) in [5.41, 5.74) is 10.5. The molecule has 3 N–H and O–H groups in total. The summed E-state index contributed by atoms with van der Waals surface area (Å²) in [6.07, 6.45) is 3.93. The molecule has 0 saturated heterocycles. The smallest absolute Gasteiger partial charge is 0.219 e. The lowest BCUT2D eigenvalue weighted by Gasteiger charge is -2.24. The van der Waals surface area contributed by atoms with Crippen LogP contribution in [0.15, 0.2) is 72.9 Å². The minimum Gasteiger partial charge on any atom is -0.439 e. The highest BCUT2D eigenvalue weighted by Crippen LogP contribution is 2.33. The second-order valence-corrected chi connectivity index (χ2v) is 7.99. The summed E-state index contributed by atoms with van der Waals surface area (Å²) in [6, 6.07) is 22.4. The highest BCUT2D eigenvalue weighted by molar-refractivity contribution is 5.94. The molecule has 0 aliphatic carbocycles. The van der Waals surface area contributed by atoms with Gasteiger partial charge in [-0.1, -0.05) is 30.3 Å². The summed E-state index contributed by atoms with van der Waals surface area (Å²) in [5, 5.41) is 4.49. The molecule has 3 heterocycles. The number of hydrogen-bond acceptors (Lipinski definition) is 6. The predicted octanol–water partition coefficient (Wildman–Crippen LogP) is 4.75. The van der Waals surface area contributed by atoms with Gasteiger partial charge in [0.1, 0.15) is 11.6 Å². The summed E-state index contributed by atoms with van der Waals surface area (Å²) in [5.74, 6) is 2.27. The minimum atomic E-state index is 0.556. The van der Waals surface area contributed by atoms with Crippen molar-refractivity contribution in [2.75, 3.05) is 29.9 Å². The van der Waals surface area contributed by atoms with Gasteiger partial charge in [0.05, 0.1) is 5.52 Å². The van der Waals surface area contributed by atoms with Crippen molar-refractivity contribution in [2.24, 2.45) is 5.73 Å². The van der Waals surface area contributed by atoms with Crippen LogP contribution < -0.4 is 20.7 Å². The number of pyridine rings is 2. The molecule has 2 aromatic carbocycles. The number of fused-ring (bicyclic) bond motifs is 2. The van der Waals surface area contributed by atoms with Gasteiger partial charge >= 0.3 is 0 Å². The number of anilines is 2. The number of ether oxygens (including phenoxy) is 1. The van der Waals surface area contributed by atoms with Crippen molar-refractivity contribution in [3.63, 3.8) is 0 Å². The van der Waals surface area contributed by atoms with Crippen LogP contribution >= 0.6 is 0 Å². The van der Waals surface area contributed by atoms with Crippen LogP contribution in [0.2, 0.25) is 0 Å². The Hall–Kier alpha value is -3.64. The number of benzene rings is 2. The Balaban J connectivity index is 1.51. The fourth-order valence-corrected chi connectivity index (χ4v) is 4.19. The van der Waals surface area contributed by atoms with E-state index in [1.807, 2.05) is 36.4 Å². The topological polar surface area (TPSA) is 76.3 Å². The first kappa shape index (κ1) is 20.3. The standard InChI is InChI=1S/C26H27N5O/c27-12-14-28-24-17-25(31-15-5-8-19-6-1-2-7-20(19)18-31)30-23-11-10-21(16-22(23)24)32-26-9-3-4-13-29-26/h1-4,6-7,9-11,13,16-17H,5,8,12,14-15,18,27H2,(H,28,30). The van der Waals surface area contributed by atoms with Crippen molar-refractivity contribution in [2.45, 2.75) is 19.4 Å². The Kier molecular flexibility index (Phi) is 5.85. The maximum Gasteiger partial charge on any atom is 0.219 e. The average molecular weight is 426 g/mol. The summed E-state index contributed by atoms with van der Waals surface area (Å²) in [4.78, 5) is 11.6. The van der Waals surface area contributed by atoms with Crippen molar-refractivity contribution in [1.82, 2.24) is 9.97 Å². The number of rotatable bonds is 6. The molecular weight excluding hydrogens is 398 g/mol. The first-order valence-corrected chi connectivity index (χ1v) is 11.1. The summed E-state index contributed by atoms with van der Waals surface area (Å²) in [6.45, 7) is 3.09. The number of aryl methyl sites for hydroxylation is 1. The molecule has 2 aromatic heterocycles. The first-order valence-electron chi connectivity index (χ1n) is 11.1. The monoisotopic (exact) mass is 425 g/mol. The average Bonchev–Trinajstić information content (AvgIpc) is 3.06. The van der Waals surface area contributed by atoms with Crippen molar-refractivity contribution in [1.29, 1.82) is 0 Å². The molecule has 0 spiro atoms. The lowest BCUT2D eigenvalue weighted by atomic mass is 10.0. The van der Waals surface area contributed by atoms with Gasteiger partial charge in [-0.2, -0.15) is 0 Å². The van der Waals surface area contributed by atoms with E-state index in [1.165, 1.54) is 11.1 Å². The van der Waals surface area contributed by atoms with E-state index in [0.717, 1.165) is 54.1 Å². The van der Waals surface area contributed by atoms with Crippen LogP contribution in [-0.4, -0.2) is 29.6 Å². The second kappa shape index (κ2) is 9.24. The van der Waals surface area contributed by atoms with Crippen LogP contribution in [0.4, 0.5) is 11.5 Å². The number of nitrogens with zero attached hydrogens (tertiary/aromatic N) is 3. The van der Waals surface area contributed by atoms with Crippen molar-refractivity contribution in [3.8, 4) is 11.6 Å². The summed E-state index contributed by atoms with van der Waals surface area (Å²) in [7, 11) is 0. The third-order valence-electron chi connectivity index (χ3n) is 5.76. The van der Waals surface area contributed by atoms with Gasteiger partial charge in [-0.25, -0.2) is 9.97 Å². The first-order chi connectivity index (χ1) is 15.8. The van der Waals surface area contributed by atoms with Crippen LogP contribution in [0.25, 0.3) is 10.9 Å². The van der Waals surface area contributed by atoms with Gasteiger partial charge in [-0.3, -0.25) is 0 Å². The molecular formula is C26H27N5O. The molecule has 0 bridgehead atoms. The number of aromatic nitrogens is 2. The zero-order valence-corrected chi connectivity index (χ0v) is 18.0. The van der Waals surface area contributed by atoms with Crippen molar-refractivity contribution >= 4 is 22.4 Å². The van der Waals surface area contributed by atoms with Crippen LogP contribution in [0.3, 0.4) is 0 Å². The molecule has 6 heteroatoms. The fourth-order valence-electron chi connectivity index (χ4n) is 4.19. The number of nitrogens with two attached hydrogens (primary N) is 1. The lowest BCUT2D eigenvalue weighted by Crippen LogP contribution is -2.24. The third-order valence-corrected chi connectivity index (χ3v) is 5.76. The third kappa shape index (κ3) is 4.36. The molecule has 0 saturated carbocycles. The lowest BCUT2D eigenvalue weighted by molar-refractivity contribution is 0.463. The zero-order chi connectivity index (χ0) is 21.8. The largest absolute Gasteiger partial charge is 0.439 e. The molecule has 0 unspecified atom stereocenters. The molecule has 0 radical (unpaired) electrons. The minimum absolute atomic E-state index is 0.556. The molecule has 0 fully saturated rings. The van der Waals surface area contributed by atoms with E-state index < -0.39 is 0 Å². The molecule has 5 rings (SSSR count). The quantitative estimate of drug-likeness (QED) is 0.464. The fraction of sp³-hybridized carbons (Fsp3) is 0.231. The van der Waals surface area contributed by atoms with Gasteiger partial charge in [0, 0.05) is 55.6 Å². The Morgan fingerprint density at radius 3 is 2.72 bits per heavy atom. The zero-order valence-electron chi connectivity index (χ0n) is 18.0. The van der Waals surface area contributed by atoms with E-state index in [1.54, 1.807) is 6.20 Å². The Labute approximate surface area is 188 Å². The van der Waals surface area contributed by atoms with Crippen LogP contribution in [0.5, 0.6) is 11.6 Å². The van der Waals surface area contributed by atoms with Crippen LogP contribution in [0.1, 0.15) is 17.5 Å². The van der Waals surface area contributed by atoms with E-state index in [4.69, 9.17) is 15.5 Å². The Bertz CT molecular complexity index is 1210. The molecule has 32 heavy (non-hydrogen) atoms. The van der Waals surface area contributed by atoms with Gasteiger partial charge < -0.3 is 20.7 Å². The van der Waals surface area contributed by atoms with E-state index in [0.29, 0.717) is 19.0 Å². The molecule has 1 aliphatic rings. The molecule has 4 aromatic rings. The van der Waals surface area contributed by atoms with Gasteiger partial charge in [-0.15, -0.1) is 0 Å². The van der Waals surface area contributed by atoms with Crippen LogP contribution in [-0.2, 0) is 13.0 Å². The summed E-state index contributed by atoms with van der Waals surface area (Å²) < 4.78 is 5.95. The van der Waals surface area contributed by atoms with E-state index >= 15 is 0 Å². The Morgan fingerprint density at radius 2 is 1.88 bits per heavy atom. The van der Waals surface area contributed by atoms with Crippen LogP contribution in [0, 0.1) is 0 Å². The van der Waals surface area contributed by atoms with E-state index in [2.05, 4.69) is 45.5 Å². The number of hydrogen-bond donors (Lipinski definition) is 2. The summed E-state index contributed by atoms with van der Waals surface area (Å²) >= 11 is 0. The van der Waals surface area contributed by atoms with Gasteiger partial charge in [0.15, 0.2) is 0 Å². The maximum absolute atomic E-state index is 5.95. The maximum atomic E-state index is 5.95. The van der Waals surface area contributed by atoms with Crippen molar-refractivity contribution in [3.05, 3.63) is 84.1 Å². The molecule has 0 atom stereocenters. The second-order valence-electron chi connectivity index (χ2n) is 7.99. The van der Waals surface area contributed by atoms with E-state index in [9.17, 15) is 0 Å². The molecule has 0 amide bonds. The molecule has 1 aliphatic heterocycles. The number of nitrogens with one attached hydrogen (secondary N) is 1. The Morgan fingerprint density at radius 1 is 1.00 bits per heavy atom. The van der Waals surface area contributed by atoms with Crippen molar-refractivity contribution < 1.29 is 4.74 Å². The highest BCUT2D eigenvalue weighted by atomic mass is 16.5. The van der Waals surface area contributed by atoms with Gasteiger partial charge in [-0.05, 0) is 48.2 Å². The van der Waals surface area contributed by atoms with Gasteiger partial charge in [0.25, 0.3) is 0 Å². The molecule has 6 nitrogen and oxygen atoms in total. The normalized spacial score (nSPS) is 13.5. The van der Waals surface area contributed by atoms with Gasteiger partial charge in [0.2, 0.25) is 5.88 Å². The highest BCUT2D eigenvalue weighted by Gasteiger charge is 2.17.